The molecule has 78 valence electrons. The highest BCUT2D eigenvalue weighted by Crippen LogP contribution is 2.40. The van der Waals surface area contributed by atoms with Crippen LogP contribution in [0.25, 0.3) is 10.9 Å². The Morgan fingerprint density at radius 3 is 2.67 bits per heavy atom. The van der Waals surface area contributed by atoms with Gasteiger partial charge in [0.1, 0.15) is 0 Å². The van der Waals surface area contributed by atoms with E-state index in [1.165, 1.54) is 41.3 Å². The monoisotopic (exact) mass is 199 g/mol. The molecular formula is C14H17N. The third kappa shape index (κ3) is 1.30. The molecule has 0 unspecified atom stereocenters. The minimum Gasteiger partial charge on any atom is -0.361 e. The van der Waals surface area contributed by atoms with Crippen LogP contribution in [0.3, 0.4) is 0 Å². The lowest BCUT2D eigenvalue weighted by molar-refractivity contribution is 0.422. The Kier molecular flexibility index (Phi) is 1.88. The van der Waals surface area contributed by atoms with Gasteiger partial charge in [-0.2, -0.15) is 0 Å². The summed E-state index contributed by atoms with van der Waals surface area (Å²) >= 11 is 0. The Labute approximate surface area is 90.5 Å². The van der Waals surface area contributed by atoms with Gasteiger partial charge in [-0.05, 0) is 49.8 Å². The quantitative estimate of drug-likeness (QED) is 0.713. The molecule has 1 nitrogen and oxygen atoms in total. The molecule has 1 aliphatic rings. The van der Waals surface area contributed by atoms with Gasteiger partial charge in [0.15, 0.2) is 0 Å². The molecular weight excluding hydrogens is 182 g/mol. The third-order valence-electron chi connectivity index (χ3n) is 3.71. The standard InChI is InChI=1S/C14H17N/c1-9-6-10(2)14-12(7-9)13(8-15-14)11-4-3-5-11/h6-8,11,15H,3-5H2,1-2H3. The van der Waals surface area contributed by atoms with Gasteiger partial charge in [-0.25, -0.2) is 0 Å². The summed E-state index contributed by atoms with van der Waals surface area (Å²) in [6.45, 7) is 4.38. The Balaban J connectivity index is 2.23. The van der Waals surface area contributed by atoms with E-state index < -0.39 is 0 Å². The Morgan fingerprint density at radius 1 is 1.20 bits per heavy atom. The molecule has 1 N–H and O–H groups in total. The molecule has 1 aromatic heterocycles. The van der Waals surface area contributed by atoms with Gasteiger partial charge < -0.3 is 4.98 Å². The zero-order valence-corrected chi connectivity index (χ0v) is 9.43. The van der Waals surface area contributed by atoms with Crippen LogP contribution in [0.1, 0.15) is 41.9 Å². The Bertz CT molecular complexity index is 503. The van der Waals surface area contributed by atoms with Crippen LogP contribution in [-0.2, 0) is 0 Å². The van der Waals surface area contributed by atoms with E-state index in [0.29, 0.717) is 0 Å². The molecule has 1 heteroatoms. The Hall–Kier alpha value is -1.24. The fourth-order valence-corrected chi connectivity index (χ4v) is 2.67. The zero-order valence-electron chi connectivity index (χ0n) is 9.43. The molecule has 1 aliphatic carbocycles. The van der Waals surface area contributed by atoms with E-state index in [1.54, 1.807) is 5.56 Å². The first-order chi connectivity index (χ1) is 7.25. The van der Waals surface area contributed by atoms with Crippen molar-refractivity contribution in [2.75, 3.05) is 0 Å². The summed E-state index contributed by atoms with van der Waals surface area (Å²) in [5.41, 5.74) is 5.63. The number of rotatable bonds is 1. The van der Waals surface area contributed by atoms with Crippen LogP contribution >= 0.6 is 0 Å². The topological polar surface area (TPSA) is 15.8 Å². The number of aryl methyl sites for hydroxylation is 2. The van der Waals surface area contributed by atoms with Crippen LogP contribution in [0.2, 0.25) is 0 Å². The van der Waals surface area contributed by atoms with Gasteiger partial charge >= 0.3 is 0 Å². The molecule has 0 radical (unpaired) electrons. The molecule has 3 rings (SSSR count). The third-order valence-corrected chi connectivity index (χ3v) is 3.71. The van der Waals surface area contributed by atoms with E-state index in [2.05, 4.69) is 37.2 Å². The predicted molar refractivity (Wildman–Crippen MR) is 64.4 cm³/mol. The van der Waals surface area contributed by atoms with Crippen molar-refractivity contribution in [2.24, 2.45) is 0 Å². The first-order valence-electron chi connectivity index (χ1n) is 5.84. The maximum atomic E-state index is 3.43. The summed E-state index contributed by atoms with van der Waals surface area (Å²) in [5.74, 6) is 0.819. The van der Waals surface area contributed by atoms with Crippen molar-refractivity contribution < 1.29 is 0 Å². The van der Waals surface area contributed by atoms with Crippen LogP contribution in [0.5, 0.6) is 0 Å². The highest BCUT2D eigenvalue weighted by atomic mass is 14.7. The zero-order chi connectivity index (χ0) is 10.4. The van der Waals surface area contributed by atoms with Crippen molar-refractivity contribution >= 4 is 10.9 Å². The molecule has 15 heavy (non-hydrogen) atoms. The van der Waals surface area contributed by atoms with Crippen molar-refractivity contribution in [1.82, 2.24) is 4.98 Å². The molecule has 1 saturated carbocycles. The maximum Gasteiger partial charge on any atom is 0.0486 e. The summed E-state index contributed by atoms with van der Waals surface area (Å²) in [4.78, 5) is 3.43. The van der Waals surface area contributed by atoms with Crippen LogP contribution in [0, 0.1) is 13.8 Å². The van der Waals surface area contributed by atoms with Crippen LogP contribution in [0.15, 0.2) is 18.3 Å². The van der Waals surface area contributed by atoms with Crippen molar-refractivity contribution in [1.29, 1.82) is 0 Å². The number of hydrogen-bond acceptors (Lipinski definition) is 0. The molecule has 1 aromatic carbocycles. The van der Waals surface area contributed by atoms with Gasteiger partial charge in [-0.15, -0.1) is 0 Å². The molecule has 0 aliphatic heterocycles. The van der Waals surface area contributed by atoms with E-state index in [4.69, 9.17) is 0 Å². The van der Waals surface area contributed by atoms with Gasteiger partial charge in [-0.1, -0.05) is 18.1 Å². The van der Waals surface area contributed by atoms with E-state index in [9.17, 15) is 0 Å². The number of H-pyrrole nitrogens is 1. The second-order valence-corrected chi connectivity index (χ2v) is 4.88. The highest BCUT2D eigenvalue weighted by molar-refractivity contribution is 5.87. The van der Waals surface area contributed by atoms with Crippen LogP contribution < -0.4 is 0 Å². The second-order valence-electron chi connectivity index (χ2n) is 4.88. The largest absolute Gasteiger partial charge is 0.361 e. The van der Waals surface area contributed by atoms with Crippen molar-refractivity contribution in [3.8, 4) is 0 Å². The number of hydrogen-bond donors (Lipinski definition) is 1. The van der Waals surface area contributed by atoms with E-state index >= 15 is 0 Å². The molecule has 2 aromatic rings. The maximum absolute atomic E-state index is 3.43. The number of benzene rings is 1. The van der Waals surface area contributed by atoms with Crippen LogP contribution in [-0.4, -0.2) is 4.98 Å². The summed E-state index contributed by atoms with van der Waals surface area (Å²) in [6, 6.07) is 4.58. The first-order valence-corrected chi connectivity index (χ1v) is 5.84. The first kappa shape index (κ1) is 9.02. The van der Waals surface area contributed by atoms with Crippen molar-refractivity contribution in [2.45, 2.75) is 39.0 Å². The Morgan fingerprint density at radius 2 is 2.00 bits per heavy atom. The average Bonchev–Trinajstić information content (AvgIpc) is 2.46. The predicted octanol–water partition coefficient (Wildman–Crippen LogP) is 4.05. The molecule has 0 saturated heterocycles. The number of nitrogens with one attached hydrogen (secondary N) is 1. The van der Waals surface area contributed by atoms with Gasteiger partial charge in [-0.3, -0.25) is 0 Å². The fraction of sp³-hybridized carbons (Fsp3) is 0.429. The molecule has 1 fully saturated rings. The van der Waals surface area contributed by atoms with E-state index in [0.717, 1.165) is 5.92 Å². The lowest BCUT2D eigenvalue weighted by Crippen LogP contribution is -2.07. The summed E-state index contributed by atoms with van der Waals surface area (Å²) in [7, 11) is 0. The highest BCUT2D eigenvalue weighted by Gasteiger charge is 2.22. The molecule has 1 heterocycles. The van der Waals surface area contributed by atoms with E-state index in [-0.39, 0.29) is 0 Å². The van der Waals surface area contributed by atoms with Gasteiger partial charge in [0.25, 0.3) is 0 Å². The SMILES string of the molecule is Cc1cc(C)c2[nH]cc(C3CCC3)c2c1. The summed E-state index contributed by atoms with van der Waals surface area (Å²) in [5, 5.41) is 1.46. The number of aromatic nitrogens is 1. The van der Waals surface area contributed by atoms with E-state index in [1.807, 2.05) is 0 Å². The smallest absolute Gasteiger partial charge is 0.0486 e. The minimum absolute atomic E-state index is 0.819. The summed E-state index contributed by atoms with van der Waals surface area (Å²) in [6.07, 6.45) is 6.38. The molecule has 0 amide bonds. The summed E-state index contributed by atoms with van der Waals surface area (Å²) < 4.78 is 0. The number of aromatic amines is 1. The second kappa shape index (κ2) is 3.13. The van der Waals surface area contributed by atoms with Gasteiger partial charge in [0.2, 0.25) is 0 Å². The normalized spacial score (nSPS) is 16.9. The molecule has 0 atom stereocenters. The lowest BCUT2D eigenvalue weighted by Gasteiger charge is -2.25. The van der Waals surface area contributed by atoms with Crippen LogP contribution in [0.4, 0.5) is 0 Å². The fourth-order valence-electron chi connectivity index (χ4n) is 2.67. The average molecular weight is 199 g/mol. The van der Waals surface area contributed by atoms with Crippen molar-refractivity contribution in [3.05, 3.63) is 35.0 Å². The van der Waals surface area contributed by atoms with Crippen molar-refractivity contribution in [3.63, 3.8) is 0 Å². The van der Waals surface area contributed by atoms with Gasteiger partial charge in [0, 0.05) is 17.1 Å². The minimum atomic E-state index is 0.819. The van der Waals surface area contributed by atoms with Gasteiger partial charge in [0.05, 0.1) is 0 Å². The molecule has 0 spiro atoms. The lowest BCUT2D eigenvalue weighted by atomic mass is 9.80. The molecule has 0 bridgehead atoms. The number of fused-ring (bicyclic) bond motifs is 1.